The minimum atomic E-state index is 0.967. The molecule has 1 aromatic carbocycles. The van der Waals surface area contributed by atoms with Gasteiger partial charge in [-0.05, 0) is 43.9 Å². The van der Waals surface area contributed by atoms with Gasteiger partial charge >= 0.3 is 0 Å². The summed E-state index contributed by atoms with van der Waals surface area (Å²) in [6, 6.07) is 8.62. The largest absolute Gasteiger partial charge is 0.350 e. The number of rotatable bonds is 5. The number of fused-ring (bicyclic) bond motifs is 1. The summed E-state index contributed by atoms with van der Waals surface area (Å²) in [4.78, 5) is 0. The van der Waals surface area contributed by atoms with Gasteiger partial charge in [0.05, 0.1) is 0 Å². The Kier molecular flexibility index (Phi) is 3.69. The fraction of sp³-hybridized carbons (Fsp3) is 0.412. The van der Waals surface area contributed by atoms with Gasteiger partial charge in [-0.2, -0.15) is 0 Å². The SMILES string of the molecule is Cn1cc(CNCCC2=CCCC2)c2ccccc21. The molecule has 1 heterocycles. The standard InChI is InChI=1S/C17H22N2/c1-19-13-15(16-8-4-5-9-17(16)19)12-18-11-10-14-6-2-3-7-14/h4-6,8-9,13,18H,2-3,7,10-12H2,1H3. The molecule has 0 atom stereocenters. The molecular formula is C17H22N2. The molecule has 2 aromatic rings. The summed E-state index contributed by atoms with van der Waals surface area (Å²) in [5.74, 6) is 0. The van der Waals surface area contributed by atoms with E-state index in [9.17, 15) is 0 Å². The van der Waals surface area contributed by atoms with Crippen molar-refractivity contribution in [1.82, 2.24) is 9.88 Å². The first-order valence-corrected chi connectivity index (χ1v) is 7.26. The Morgan fingerprint density at radius 3 is 3.00 bits per heavy atom. The molecule has 2 heteroatoms. The van der Waals surface area contributed by atoms with E-state index in [-0.39, 0.29) is 0 Å². The zero-order valence-corrected chi connectivity index (χ0v) is 11.7. The molecule has 0 unspecified atom stereocenters. The number of hydrogen-bond acceptors (Lipinski definition) is 1. The van der Waals surface area contributed by atoms with Gasteiger partial charge < -0.3 is 9.88 Å². The van der Waals surface area contributed by atoms with E-state index in [4.69, 9.17) is 0 Å². The van der Waals surface area contributed by atoms with Crippen LogP contribution in [0.15, 0.2) is 42.1 Å². The van der Waals surface area contributed by atoms with Gasteiger partial charge in [-0.25, -0.2) is 0 Å². The number of benzene rings is 1. The number of nitrogens with one attached hydrogen (secondary N) is 1. The lowest BCUT2D eigenvalue weighted by molar-refractivity contribution is 0.677. The first-order chi connectivity index (χ1) is 9.34. The summed E-state index contributed by atoms with van der Waals surface area (Å²) >= 11 is 0. The van der Waals surface area contributed by atoms with E-state index < -0.39 is 0 Å². The van der Waals surface area contributed by atoms with Crippen LogP contribution in [0.25, 0.3) is 10.9 Å². The molecule has 1 aliphatic carbocycles. The molecule has 0 radical (unpaired) electrons. The summed E-state index contributed by atoms with van der Waals surface area (Å²) < 4.78 is 2.21. The Morgan fingerprint density at radius 1 is 1.26 bits per heavy atom. The van der Waals surface area contributed by atoms with E-state index in [0.717, 1.165) is 13.1 Å². The van der Waals surface area contributed by atoms with Crippen molar-refractivity contribution in [3.05, 3.63) is 47.7 Å². The third kappa shape index (κ3) is 2.74. The van der Waals surface area contributed by atoms with E-state index in [1.807, 2.05) is 0 Å². The Bertz CT molecular complexity index is 592. The lowest BCUT2D eigenvalue weighted by Gasteiger charge is -2.04. The number of aromatic nitrogens is 1. The Balaban J connectivity index is 1.59. The number of allylic oxidation sites excluding steroid dienone is 1. The molecule has 0 fully saturated rings. The van der Waals surface area contributed by atoms with Crippen molar-refractivity contribution in [2.24, 2.45) is 7.05 Å². The zero-order chi connectivity index (χ0) is 13.1. The molecule has 0 aliphatic heterocycles. The molecular weight excluding hydrogens is 232 g/mol. The highest BCUT2D eigenvalue weighted by atomic mass is 14.9. The number of aryl methyl sites for hydroxylation is 1. The molecule has 100 valence electrons. The molecule has 0 saturated carbocycles. The molecule has 0 spiro atoms. The second-order valence-corrected chi connectivity index (χ2v) is 5.46. The Hall–Kier alpha value is -1.54. The zero-order valence-electron chi connectivity index (χ0n) is 11.7. The van der Waals surface area contributed by atoms with Crippen LogP contribution in [-0.2, 0) is 13.6 Å². The molecule has 19 heavy (non-hydrogen) atoms. The maximum atomic E-state index is 3.58. The molecule has 1 aliphatic rings. The first kappa shape index (κ1) is 12.5. The number of hydrogen-bond donors (Lipinski definition) is 1. The quantitative estimate of drug-likeness (QED) is 0.635. The van der Waals surface area contributed by atoms with Gasteiger partial charge in [0.1, 0.15) is 0 Å². The van der Waals surface area contributed by atoms with E-state index in [1.54, 1.807) is 5.57 Å². The monoisotopic (exact) mass is 254 g/mol. The van der Waals surface area contributed by atoms with Crippen molar-refractivity contribution in [3.63, 3.8) is 0 Å². The molecule has 3 rings (SSSR count). The van der Waals surface area contributed by atoms with E-state index in [1.165, 1.54) is 42.1 Å². The van der Waals surface area contributed by atoms with Crippen LogP contribution in [0.4, 0.5) is 0 Å². The molecule has 2 nitrogen and oxygen atoms in total. The van der Waals surface area contributed by atoms with Crippen LogP contribution in [0.3, 0.4) is 0 Å². The summed E-state index contributed by atoms with van der Waals surface area (Å²) in [7, 11) is 2.12. The topological polar surface area (TPSA) is 17.0 Å². The molecule has 1 aromatic heterocycles. The van der Waals surface area contributed by atoms with Crippen molar-refractivity contribution >= 4 is 10.9 Å². The first-order valence-electron chi connectivity index (χ1n) is 7.26. The highest BCUT2D eigenvalue weighted by Gasteiger charge is 2.06. The van der Waals surface area contributed by atoms with Crippen molar-refractivity contribution in [2.45, 2.75) is 32.2 Å². The van der Waals surface area contributed by atoms with Crippen molar-refractivity contribution in [2.75, 3.05) is 6.54 Å². The van der Waals surface area contributed by atoms with Gasteiger partial charge in [-0.15, -0.1) is 0 Å². The third-order valence-corrected chi connectivity index (χ3v) is 4.05. The normalized spacial score (nSPS) is 15.1. The highest BCUT2D eigenvalue weighted by Crippen LogP contribution is 2.21. The molecule has 0 amide bonds. The van der Waals surface area contributed by atoms with E-state index in [2.05, 4.69) is 53.5 Å². The fourth-order valence-electron chi connectivity index (χ4n) is 3.00. The summed E-state index contributed by atoms with van der Waals surface area (Å²) in [6.45, 7) is 2.06. The molecule has 1 N–H and O–H groups in total. The molecule has 0 bridgehead atoms. The lowest BCUT2D eigenvalue weighted by Crippen LogP contribution is -2.14. The van der Waals surface area contributed by atoms with Crippen LogP contribution < -0.4 is 5.32 Å². The number of para-hydroxylation sites is 1. The second kappa shape index (κ2) is 5.62. The van der Waals surface area contributed by atoms with Crippen LogP contribution in [0.2, 0.25) is 0 Å². The average molecular weight is 254 g/mol. The van der Waals surface area contributed by atoms with E-state index >= 15 is 0 Å². The minimum absolute atomic E-state index is 0.967. The Labute approximate surface area is 115 Å². The van der Waals surface area contributed by atoms with Crippen LogP contribution >= 0.6 is 0 Å². The van der Waals surface area contributed by atoms with Crippen molar-refractivity contribution in [3.8, 4) is 0 Å². The summed E-state index contributed by atoms with van der Waals surface area (Å²) in [6.07, 6.45) is 9.84. The van der Waals surface area contributed by atoms with Gasteiger partial charge in [0.25, 0.3) is 0 Å². The lowest BCUT2D eigenvalue weighted by atomic mass is 10.1. The van der Waals surface area contributed by atoms with Crippen LogP contribution in [0, 0.1) is 0 Å². The second-order valence-electron chi connectivity index (χ2n) is 5.46. The summed E-state index contributed by atoms with van der Waals surface area (Å²) in [5, 5.41) is 4.95. The van der Waals surface area contributed by atoms with Gasteiger partial charge in [0, 0.05) is 30.7 Å². The Morgan fingerprint density at radius 2 is 2.16 bits per heavy atom. The highest BCUT2D eigenvalue weighted by molar-refractivity contribution is 5.83. The fourth-order valence-corrected chi connectivity index (χ4v) is 3.00. The average Bonchev–Trinajstić information content (AvgIpc) is 3.04. The van der Waals surface area contributed by atoms with Gasteiger partial charge in [0.15, 0.2) is 0 Å². The van der Waals surface area contributed by atoms with Gasteiger partial charge in [0.2, 0.25) is 0 Å². The van der Waals surface area contributed by atoms with Crippen molar-refractivity contribution in [1.29, 1.82) is 0 Å². The maximum absolute atomic E-state index is 3.58. The van der Waals surface area contributed by atoms with Crippen LogP contribution in [-0.4, -0.2) is 11.1 Å². The van der Waals surface area contributed by atoms with Gasteiger partial charge in [-0.1, -0.05) is 29.8 Å². The summed E-state index contributed by atoms with van der Waals surface area (Å²) in [5.41, 5.74) is 4.36. The molecule has 0 saturated heterocycles. The predicted molar refractivity (Wildman–Crippen MR) is 81.2 cm³/mol. The van der Waals surface area contributed by atoms with Crippen LogP contribution in [0.1, 0.15) is 31.2 Å². The van der Waals surface area contributed by atoms with Crippen LogP contribution in [0.5, 0.6) is 0 Å². The maximum Gasteiger partial charge on any atom is 0.0481 e. The number of nitrogens with zero attached hydrogens (tertiary/aromatic N) is 1. The predicted octanol–water partition coefficient (Wildman–Crippen LogP) is 3.77. The van der Waals surface area contributed by atoms with Crippen molar-refractivity contribution < 1.29 is 0 Å². The third-order valence-electron chi connectivity index (χ3n) is 4.05. The minimum Gasteiger partial charge on any atom is -0.350 e. The van der Waals surface area contributed by atoms with Gasteiger partial charge in [-0.3, -0.25) is 0 Å². The smallest absolute Gasteiger partial charge is 0.0481 e. The van der Waals surface area contributed by atoms with E-state index in [0.29, 0.717) is 0 Å².